The molecule has 2 aromatic carbocycles. The summed E-state index contributed by atoms with van der Waals surface area (Å²) in [6, 6.07) is 15.9. The molecule has 0 aliphatic carbocycles. The van der Waals surface area contributed by atoms with Crippen LogP contribution in [0.2, 0.25) is 0 Å². The number of rotatable bonds is 6. The Morgan fingerprint density at radius 1 is 1.12 bits per heavy atom. The van der Waals surface area contributed by atoms with Crippen LogP contribution in [0, 0.1) is 5.92 Å². The second-order valence-corrected chi connectivity index (χ2v) is 9.38. The lowest BCUT2D eigenvalue weighted by atomic mass is 9.99. The Kier molecular flexibility index (Phi) is 6.09. The fraction of sp³-hybridized carbons (Fsp3) is 0.320. The van der Waals surface area contributed by atoms with Crippen LogP contribution in [-0.2, 0) is 4.79 Å². The Bertz CT molecular complexity index is 1260. The third-order valence-electron chi connectivity index (χ3n) is 6.26. The zero-order chi connectivity index (χ0) is 22.8. The molecule has 8 heteroatoms. The Morgan fingerprint density at radius 3 is 2.64 bits per heavy atom. The van der Waals surface area contributed by atoms with Crippen molar-refractivity contribution in [1.29, 1.82) is 0 Å². The zero-order valence-corrected chi connectivity index (χ0v) is 19.6. The molecule has 3 heterocycles. The van der Waals surface area contributed by atoms with Crippen molar-refractivity contribution >= 4 is 28.6 Å². The van der Waals surface area contributed by atoms with Crippen molar-refractivity contribution in [2.24, 2.45) is 5.92 Å². The number of H-pyrrole nitrogens is 1. The molecular weight excluding hydrogens is 434 g/mol. The molecular formula is C25H27N5O2S. The number of likely N-dealkylation sites (tertiary alicyclic amines) is 1. The SMILES string of the molecule is COc1ccc(-n2c(SCC(=O)N3CCC(C)CC3)nnc2-c2c[nH]c3ccccc23)cc1. The van der Waals surface area contributed by atoms with E-state index in [9.17, 15) is 4.79 Å². The number of carbonyl (C=O) groups excluding carboxylic acids is 1. The maximum Gasteiger partial charge on any atom is 0.233 e. The van der Waals surface area contributed by atoms with Gasteiger partial charge in [0.2, 0.25) is 5.91 Å². The van der Waals surface area contributed by atoms with E-state index in [0.29, 0.717) is 16.8 Å². The summed E-state index contributed by atoms with van der Waals surface area (Å²) >= 11 is 1.43. The number of benzene rings is 2. The molecule has 1 saturated heterocycles. The average molecular weight is 462 g/mol. The molecule has 1 amide bonds. The standard InChI is InChI=1S/C25H27N5O2S/c1-17-11-13-29(14-12-17)23(31)16-33-25-28-27-24(21-15-26-22-6-4-3-5-20(21)22)30(25)18-7-9-19(32-2)10-8-18/h3-10,15,17,26H,11-14,16H2,1-2H3. The summed E-state index contributed by atoms with van der Waals surface area (Å²) in [6.07, 6.45) is 4.11. The first-order valence-corrected chi connectivity index (χ1v) is 12.2. The minimum Gasteiger partial charge on any atom is -0.497 e. The average Bonchev–Trinajstić information content (AvgIpc) is 3.47. The van der Waals surface area contributed by atoms with E-state index in [1.54, 1.807) is 7.11 Å². The molecule has 0 saturated carbocycles. The van der Waals surface area contributed by atoms with Crippen LogP contribution in [0.4, 0.5) is 0 Å². The van der Waals surface area contributed by atoms with Crippen LogP contribution in [0.25, 0.3) is 28.0 Å². The largest absolute Gasteiger partial charge is 0.497 e. The summed E-state index contributed by atoms with van der Waals surface area (Å²) in [5, 5.41) is 10.8. The molecule has 4 aromatic rings. The minimum absolute atomic E-state index is 0.157. The number of thioether (sulfide) groups is 1. The van der Waals surface area contributed by atoms with Crippen molar-refractivity contribution in [3.8, 4) is 22.8 Å². The topological polar surface area (TPSA) is 76.0 Å². The highest BCUT2D eigenvalue weighted by atomic mass is 32.2. The van der Waals surface area contributed by atoms with Gasteiger partial charge < -0.3 is 14.6 Å². The number of amides is 1. The Morgan fingerprint density at radius 2 is 1.88 bits per heavy atom. The molecule has 170 valence electrons. The third kappa shape index (κ3) is 4.35. The molecule has 33 heavy (non-hydrogen) atoms. The highest BCUT2D eigenvalue weighted by molar-refractivity contribution is 7.99. The number of fused-ring (bicyclic) bond motifs is 1. The molecule has 2 aromatic heterocycles. The lowest BCUT2D eigenvalue weighted by Crippen LogP contribution is -2.38. The molecule has 1 fully saturated rings. The Balaban J connectivity index is 1.48. The van der Waals surface area contributed by atoms with E-state index in [4.69, 9.17) is 4.74 Å². The predicted octanol–water partition coefficient (Wildman–Crippen LogP) is 4.77. The number of hydrogen-bond donors (Lipinski definition) is 1. The first-order chi connectivity index (χ1) is 16.1. The number of piperidine rings is 1. The molecule has 0 unspecified atom stereocenters. The second kappa shape index (κ2) is 9.31. The van der Waals surface area contributed by atoms with Crippen LogP contribution in [0.5, 0.6) is 5.75 Å². The van der Waals surface area contributed by atoms with Gasteiger partial charge in [-0.25, -0.2) is 0 Å². The summed E-state index contributed by atoms with van der Waals surface area (Å²) in [5.74, 6) is 2.71. The molecule has 1 N–H and O–H groups in total. The minimum atomic E-state index is 0.157. The van der Waals surface area contributed by atoms with Crippen molar-refractivity contribution in [1.82, 2.24) is 24.6 Å². The van der Waals surface area contributed by atoms with Gasteiger partial charge >= 0.3 is 0 Å². The summed E-state index contributed by atoms with van der Waals surface area (Å²) < 4.78 is 7.35. The van der Waals surface area contributed by atoms with E-state index in [1.165, 1.54) is 11.8 Å². The van der Waals surface area contributed by atoms with Crippen LogP contribution in [-0.4, -0.2) is 56.5 Å². The van der Waals surface area contributed by atoms with Gasteiger partial charge in [-0.15, -0.1) is 10.2 Å². The van der Waals surface area contributed by atoms with Crippen LogP contribution in [0.3, 0.4) is 0 Å². The van der Waals surface area contributed by atoms with Gasteiger partial charge in [0.05, 0.1) is 12.9 Å². The van der Waals surface area contributed by atoms with Crippen LogP contribution < -0.4 is 4.74 Å². The monoisotopic (exact) mass is 461 g/mol. The fourth-order valence-electron chi connectivity index (χ4n) is 4.23. The molecule has 0 spiro atoms. The van der Waals surface area contributed by atoms with Gasteiger partial charge in [-0.3, -0.25) is 9.36 Å². The first kappa shape index (κ1) is 21.6. The quantitative estimate of drug-likeness (QED) is 0.419. The van der Waals surface area contributed by atoms with Gasteiger partial charge in [-0.05, 0) is 49.1 Å². The number of methoxy groups -OCH3 is 1. The smallest absolute Gasteiger partial charge is 0.233 e. The molecule has 5 rings (SSSR count). The number of ether oxygens (including phenoxy) is 1. The van der Waals surface area contributed by atoms with Crippen LogP contribution in [0.15, 0.2) is 59.9 Å². The van der Waals surface area contributed by atoms with Gasteiger partial charge in [0, 0.05) is 41.4 Å². The molecule has 0 bridgehead atoms. The number of carbonyl (C=O) groups is 1. The molecule has 0 radical (unpaired) electrons. The molecule has 1 aliphatic heterocycles. The molecule has 0 atom stereocenters. The summed E-state index contributed by atoms with van der Waals surface area (Å²) in [7, 11) is 1.65. The highest BCUT2D eigenvalue weighted by Gasteiger charge is 2.23. The number of aromatic amines is 1. The van der Waals surface area contributed by atoms with E-state index in [-0.39, 0.29) is 5.91 Å². The molecule has 7 nitrogen and oxygen atoms in total. The highest BCUT2D eigenvalue weighted by Crippen LogP contribution is 2.33. The number of hydrogen-bond acceptors (Lipinski definition) is 5. The maximum atomic E-state index is 12.8. The van der Waals surface area contributed by atoms with Gasteiger partial charge in [0.25, 0.3) is 0 Å². The maximum absolute atomic E-state index is 12.8. The number of nitrogens with one attached hydrogen (secondary N) is 1. The van der Waals surface area contributed by atoms with Crippen molar-refractivity contribution in [2.45, 2.75) is 24.9 Å². The summed E-state index contributed by atoms with van der Waals surface area (Å²) in [5.41, 5.74) is 2.93. The van der Waals surface area contributed by atoms with Crippen molar-refractivity contribution < 1.29 is 9.53 Å². The van der Waals surface area contributed by atoms with E-state index in [2.05, 4.69) is 28.2 Å². The number of aromatic nitrogens is 4. The van der Waals surface area contributed by atoms with Crippen LogP contribution in [0.1, 0.15) is 19.8 Å². The zero-order valence-electron chi connectivity index (χ0n) is 18.8. The van der Waals surface area contributed by atoms with Crippen molar-refractivity contribution in [2.75, 3.05) is 26.0 Å². The molecule has 1 aliphatic rings. The van der Waals surface area contributed by atoms with Gasteiger partial charge in [-0.2, -0.15) is 0 Å². The summed E-state index contributed by atoms with van der Waals surface area (Å²) in [6.45, 7) is 3.93. The summed E-state index contributed by atoms with van der Waals surface area (Å²) in [4.78, 5) is 18.1. The Labute approximate surface area is 197 Å². The first-order valence-electron chi connectivity index (χ1n) is 11.2. The van der Waals surface area contributed by atoms with Gasteiger partial charge in [0.1, 0.15) is 5.75 Å². The normalized spacial score (nSPS) is 14.7. The Hall–Kier alpha value is -3.26. The van der Waals surface area contributed by atoms with E-state index >= 15 is 0 Å². The second-order valence-electron chi connectivity index (χ2n) is 8.44. The van der Waals surface area contributed by atoms with E-state index < -0.39 is 0 Å². The van der Waals surface area contributed by atoms with Crippen molar-refractivity contribution in [3.63, 3.8) is 0 Å². The number of nitrogens with zero attached hydrogens (tertiary/aromatic N) is 4. The van der Waals surface area contributed by atoms with E-state index in [1.807, 2.05) is 58.1 Å². The third-order valence-corrected chi connectivity index (χ3v) is 7.17. The van der Waals surface area contributed by atoms with E-state index in [0.717, 1.165) is 59.7 Å². The number of para-hydroxylation sites is 1. The lowest BCUT2D eigenvalue weighted by Gasteiger charge is -2.30. The predicted molar refractivity (Wildman–Crippen MR) is 131 cm³/mol. The van der Waals surface area contributed by atoms with Crippen molar-refractivity contribution in [3.05, 3.63) is 54.7 Å². The lowest BCUT2D eigenvalue weighted by molar-refractivity contribution is -0.129. The van der Waals surface area contributed by atoms with Gasteiger partial charge in [-0.1, -0.05) is 36.9 Å². The van der Waals surface area contributed by atoms with Crippen LogP contribution >= 0.6 is 11.8 Å². The van der Waals surface area contributed by atoms with Gasteiger partial charge in [0.15, 0.2) is 11.0 Å². The fourth-order valence-corrected chi connectivity index (χ4v) is 5.09.